The molecule has 0 spiro atoms. The van der Waals surface area contributed by atoms with E-state index < -0.39 is 15.7 Å². The first kappa shape index (κ1) is 21.0. The highest BCUT2D eigenvalue weighted by molar-refractivity contribution is 7.90. The van der Waals surface area contributed by atoms with Gasteiger partial charge in [-0.3, -0.25) is 0 Å². The lowest BCUT2D eigenvalue weighted by Crippen LogP contribution is -1.96. The van der Waals surface area contributed by atoms with Crippen LogP contribution in [0.3, 0.4) is 0 Å². The fourth-order valence-electron chi connectivity index (χ4n) is 2.93. The molecule has 0 amide bonds. The van der Waals surface area contributed by atoms with Crippen LogP contribution in [-0.2, 0) is 9.84 Å². The topological polar surface area (TPSA) is 47.0 Å². The SMILES string of the molecule is CS(=O)(=O)c1ccc(-c2sc(-c3ccc(F)c(Cl)c3)nc2-c2ccc(Cl)cc2)cc1. The lowest BCUT2D eigenvalue weighted by molar-refractivity contribution is 0.602. The highest BCUT2D eigenvalue weighted by Gasteiger charge is 2.18. The van der Waals surface area contributed by atoms with Crippen LogP contribution in [0.4, 0.5) is 4.39 Å². The normalized spacial score (nSPS) is 11.6. The van der Waals surface area contributed by atoms with E-state index in [0.717, 1.165) is 21.7 Å². The highest BCUT2D eigenvalue weighted by atomic mass is 35.5. The van der Waals surface area contributed by atoms with Crippen molar-refractivity contribution in [3.05, 3.63) is 82.6 Å². The Morgan fingerprint density at radius 1 is 0.867 bits per heavy atom. The summed E-state index contributed by atoms with van der Waals surface area (Å²) in [7, 11) is -3.29. The molecule has 152 valence electrons. The van der Waals surface area contributed by atoms with E-state index in [1.54, 1.807) is 42.5 Å². The number of hydrogen-bond donors (Lipinski definition) is 0. The van der Waals surface area contributed by atoms with Crippen molar-refractivity contribution < 1.29 is 12.8 Å². The summed E-state index contributed by atoms with van der Waals surface area (Å²) in [6, 6.07) is 18.4. The minimum Gasteiger partial charge on any atom is -0.235 e. The Morgan fingerprint density at radius 2 is 1.47 bits per heavy atom. The minimum atomic E-state index is -3.29. The van der Waals surface area contributed by atoms with Crippen LogP contribution in [0.15, 0.2) is 71.6 Å². The lowest BCUT2D eigenvalue weighted by atomic mass is 10.1. The third-order valence-electron chi connectivity index (χ3n) is 4.46. The summed E-state index contributed by atoms with van der Waals surface area (Å²) < 4.78 is 37.2. The Morgan fingerprint density at radius 3 is 2.07 bits per heavy atom. The fourth-order valence-corrected chi connectivity index (χ4v) is 4.95. The molecule has 3 nitrogen and oxygen atoms in total. The van der Waals surface area contributed by atoms with Gasteiger partial charge in [-0.1, -0.05) is 47.5 Å². The fraction of sp³-hybridized carbons (Fsp3) is 0.0455. The van der Waals surface area contributed by atoms with Crippen molar-refractivity contribution in [2.24, 2.45) is 0 Å². The van der Waals surface area contributed by atoms with Crippen molar-refractivity contribution in [1.29, 1.82) is 0 Å². The average Bonchev–Trinajstić information content (AvgIpc) is 3.15. The maximum Gasteiger partial charge on any atom is 0.175 e. The van der Waals surface area contributed by atoms with Crippen molar-refractivity contribution in [2.45, 2.75) is 4.90 Å². The first-order valence-electron chi connectivity index (χ1n) is 8.75. The summed E-state index contributed by atoms with van der Waals surface area (Å²) in [6.07, 6.45) is 1.17. The van der Waals surface area contributed by atoms with Gasteiger partial charge in [0, 0.05) is 22.4 Å². The Hall–Kier alpha value is -2.25. The average molecular weight is 478 g/mol. The second-order valence-electron chi connectivity index (χ2n) is 6.63. The number of halogens is 3. The number of nitrogens with zero attached hydrogens (tertiary/aromatic N) is 1. The molecular weight excluding hydrogens is 464 g/mol. The molecule has 0 aliphatic rings. The van der Waals surface area contributed by atoms with Gasteiger partial charge in [-0.25, -0.2) is 17.8 Å². The number of benzene rings is 3. The molecular formula is C22H14Cl2FNO2S2. The molecule has 0 fully saturated rings. The zero-order valence-electron chi connectivity index (χ0n) is 15.6. The molecule has 0 saturated carbocycles. The molecule has 3 aromatic carbocycles. The van der Waals surface area contributed by atoms with Crippen LogP contribution in [0.25, 0.3) is 32.3 Å². The molecule has 0 N–H and O–H groups in total. The minimum absolute atomic E-state index is 0.0230. The molecule has 1 heterocycles. The predicted molar refractivity (Wildman–Crippen MR) is 122 cm³/mol. The van der Waals surface area contributed by atoms with Gasteiger partial charge >= 0.3 is 0 Å². The van der Waals surface area contributed by atoms with Gasteiger partial charge in [-0.2, -0.15) is 0 Å². The second-order valence-corrected chi connectivity index (χ2v) is 10.5. The van der Waals surface area contributed by atoms with Crippen molar-refractivity contribution >= 4 is 44.4 Å². The third kappa shape index (κ3) is 4.27. The molecule has 4 aromatic rings. The van der Waals surface area contributed by atoms with Crippen LogP contribution in [0.5, 0.6) is 0 Å². The molecule has 0 aliphatic carbocycles. The van der Waals surface area contributed by atoms with Crippen molar-refractivity contribution in [2.75, 3.05) is 6.26 Å². The van der Waals surface area contributed by atoms with Gasteiger partial charge in [-0.15, -0.1) is 11.3 Å². The Balaban J connectivity index is 1.88. The van der Waals surface area contributed by atoms with Crippen molar-refractivity contribution in [3.63, 3.8) is 0 Å². The molecule has 1 aromatic heterocycles. The van der Waals surface area contributed by atoms with Crippen LogP contribution in [-0.4, -0.2) is 19.7 Å². The standard InChI is InChI=1S/C22H14Cl2FNO2S2/c1-30(27,28)17-9-4-14(5-10-17)21-20(13-2-7-16(23)8-3-13)26-22(29-21)15-6-11-19(25)18(24)12-15/h2-12H,1H3. The molecule has 0 aliphatic heterocycles. The van der Waals surface area contributed by atoms with Gasteiger partial charge < -0.3 is 0 Å². The monoisotopic (exact) mass is 477 g/mol. The Kier molecular flexibility index (Phi) is 5.68. The third-order valence-corrected chi connectivity index (χ3v) is 7.28. The molecule has 0 saturated heterocycles. The highest BCUT2D eigenvalue weighted by Crippen LogP contribution is 2.41. The first-order valence-corrected chi connectivity index (χ1v) is 12.2. The number of hydrogen-bond acceptors (Lipinski definition) is 4. The molecule has 8 heteroatoms. The van der Waals surface area contributed by atoms with E-state index in [9.17, 15) is 12.8 Å². The number of rotatable bonds is 4. The van der Waals surface area contributed by atoms with E-state index in [-0.39, 0.29) is 9.92 Å². The Labute approximate surface area is 187 Å². The summed E-state index contributed by atoms with van der Waals surface area (Å²) in [5, 5.41) is 1.30. The van der Waals surface area contributed by atoms with Crippen LogP contribution >= 0.6 is 34.5 Å². The molecule has 0 atom stereocenters. The van der Waals surface area contributed by atoms with Crippen LogP contribution in [0.2, 0.25) is 10.0 Å². The maximum atomic E-state index is 13.6. The van der Waals surface area contributed by atoms with Gasteiger partial charge in [0.15, 0.2) is 9.84 Å². The quantitative estimate of drug-likeness (QED) is 0.318. The summed E-state index contributed by atoms with van der Waals surface area (Å²) in [5.41, 5.74) is 3.10. The van der Waals surface area contributed by atoms with Gasteiger partial charge in [0.25, 0.3) is 0 Å². The maximum absolute atomic E-state index is 13.6. The molecule has 0 bridgehead atoms. The molecule has 30 heavy (non-hydrogen) atoms. The van der Waals surface area contributed by atoms with E-state index in [1.165, 1.54) is 29.7 Å². The van der Waals surface area contributed by atoms with Crippen LogP contribution in [0, 0.1) is 5.82 Å². The summed E-state index contributed by atoms with van der Waals surface area (Å²) in [6.45, 7) is 0. The smallest absolute Gasteiger partial charge is 0.175 e. The lowest BCUT2D eigenvalue weighted by Gasteiger charge is -2.04. The zero-order chi connectivity index (χ0) is 21.5. The number of thiazole rings is 1. The number of aromatic nitrogens is 1. The first-order chi connectivity index (χ1) is 14.2. The van der Waals surface area contributed by atoms with Gasteiger partial charge in [-0.05, 0) is 48.0 Å². The molecule has 4 rings (SSSR count). The predicted octanol–water partition coefficient (Wildman–Crippen LogP) is 6.99. The van der Waals surface area contributed by atoms with E-state index in [0.29, 0.717) is 15.6 Å². The van der Waals surface area contributed by atoms with Gasteiger partial charge in [0.1, 0.15) is 10.8 Å². The molecule has 0 radical (unpaired) electrons. The van der Waals surface area contributed by atoms with Crippen molar-refractivity contribution in [1.82, 2.24) is 4.98 Å². The van der Waals surface area contributed by atoms with Crippen LogP contribution < -0.4 is 0 Å². The van der Waals surface area contributed by atoms with Crippen molar-refractivity contribution in [3.8, 4) is 32.3 Å². The zero-order valence-corrected chi connectivity index (χ0v) is 18.7. The van der Waals surface area contributed by atoms with Crippen LogP contribution in [0.1, 0.15) is 0 Å². The van der Waals surface area contributed by atoms with E-state index in [2.05, 4.69) is 0 Å². The van der Waals surface area contributed by atoms with E-state index in [4.69, 9.17) is 28.2 Å². The summed E-state index contributed by atoms with van der Waals surface area (Å²) in [4.78, 5) is 5.87. The largest absolute Gasteiger partial charge is 0.235 e. The van der Waals surface area contributed by atoms with Gasteiger partial charge in [0.05, 0.1) is 20.5 Å². The summed E-state index contributed by atoms with van der Waals surface area (Å²) in [5.74, 6) is -0.494. The van der Waals surface area contributed by atoms with Gasteiger partial charge in [0.2, 0.25) is 0 Å². The summed E-state index contributed by atoms with van der Waals surface area (Å²) >= 11 is 13.4. The number of sulfone groups is 1. The van der Waals surface area contributed by atoms with E-state index >= 15 is 0 Å². The van der Waals surface area contributed by atoms with E-state index in [1.807, 2.05) is 12.1 Å². The second kappa shape index (κ2) is 8.12. The Bertz CT molecular complexity index is 1330. The molecule has 0 unspecified atom stereocenters.